The SMILES string of the molecule is C[C@H](NC(=O)OCc1ccccc1)C(=O)N[C@H]1[C@@H](O)[C@@H](n2cnc3c(N)ncnc32)O[C@H]1CO. The number of hydrogen-bond acceptors (Lipinski definition) is 10. The predicted molar refractivity (Wildman–Crippen MR) is 118 cm³/mol. The van der Waals surface area contributed by atoms with E-state index in [1.54, 1.807) is 12.1 Å². The van der Waals surface area contributed by atoms with Crippen molar-refractivity contribution in [1.82, 2.24) is 30.2 Å². The smallest absolute Gasteiger partial charge is 0.408 e. The van der Waals surface area contributed by atoms with Gasteiger partial charge in [0, 0.05) is 0 Å². The average molecular weight is 471 g/mol. The van der Waals surface area contributed by atoms with Crippen molar-refractivity contribution in [3.05, 3.63) is 48.5 Å². The molecule has 0 spiro atoms. The molecule has 1 fully saturated rings. The predicted octanol–water partition coefficient (Wildman–Crippen LogP) is -0.541. The molecule has 0 bridgehead atoms. The maximum Gasteiger partial charge on any atom is 0.408 e. The number of carbonyl (C=O) groups is 2. The van der Waals surface area contributed by atoms with E-state index in [9.17, 15) is 19.8 Å². The number of aliphatic hydroxyl groups excluding tert-OH is 2. The third kappa shape index (κ3) is 4.76. The fourth-order valence-electron chi connectivity index (χ4n) is 3.66. The number of fused-ring (bicyclic) bond motifs is 1. The maximum atomic E-state index is 12.7. The number of nitrogens with zero attached hydrogens (tertiary/aromatic N) is 4. The van der Waals surface area contributed by atoms with Gasteiger partial charge in [0.15, 0.2) is 17.7 Å². The quantitative estimate of drug-likeness (QED) is 0.299. The van der Waals surface area contributed by atoms with Crippen molar-refractivity contribution in [2.45, 2.75) is 44.1 Å². The molecule has 0 unspecified atom stereocenters. The number of nitrogen functional groups attached to an aromatic ring is 1. The Morgan fingerprint density at radius 2 is 2.03 bits per heavy atom. The fraction of sp³-hybridized carbons (Fsp3) is 0.381. The van der Waals surface area contributed by atoms with Gasteiger partial charge in [0.2, 0.25) is 5.91 Å². The first-order valence-electron chi connectivity index (χ1n) is 10.5. The molecule has 180 valence electrons. The second kappa shape index (κ2) is 9.99. The summed E-state index contributed by atoms with van der Waals surface area (Å²) >= 11 is 0. The lowest BCUT2D eigenvalue weighted by atomic mass is 10.1. The number of benzene rings is 1. The molecule has 1 aliphatic rings. The number of alkyl carbamates (subject to hydrolysis) is 1. The van der Waals surface area contributed by atoms with Gasteiger partial charge < -0.3 is 36.1 Å². The van der Waals surface area contributed by atoms with E-state index in [1.165, 1.54) is 24.1 Å². The van der Waals surface area contributed by atoms with Gasteiger partial charge in [-0.1, -0.05) is 30.3 Å². The summed E-state index contributed by atoms with van der Waals surface area (Å²) < 4.78 is 12.3. The Hall–Kier alpha value is -3.81. The fourth-order valence-corrected chi connectivity index (χ4v) is 3.66. The Labute approximate surface area is 193 Å². The largest absolute Gasteiger partial charge is 0.445 e. The molecule has 3 heterocycles. The van der Waals surface area contributed by atoms with Crippen LogP contribution in [-0.2, 0) is 20.9 Å². The normalized spacial score (nSPS) is 22.9. The van der Waals surface area contributed by atoms with Crippen LogP contribution in [0.25, 0.3) is 11.2 Å². The molecule has 2 amide bonds. The molecule has 2 aromatic heterocycles. The molecular formula is C21H25N7O6. The molecule has 0 radical (unpaired) electrons. The lowest BCUT2D eigenvalue weighted by molar-refractivity contribution is -0.124. The van der Waals surface area contributed by atoms with Crippen LogP contribution in [0.3, 0.4) is 0 Å². The highest BCUT2D eigenvalue weighted by Gasteiger charge is 2.46. The summed E-state index contributed by atoms with van der Waals surface area (Å²) in [6, 6.07) is 7.15. The lowest BCUT2D eigenvalue weighted by Gasteiger charge is -2.23. The van der Waals surface area contributed by atoms with Gasteiger partial charge >= 0.3 is 6.09 Å². The number of carbonyl (C=O) groups excluding carboxylic acids is 2. The minimum atomic E-state index is -1.26. The van der Waals surface area contributed by atoms with Crippen molar-refractivity contribution in [1.29, 1.82) is 0 Å². The van der Waals surface area contributed by atoms with Crippen molar-refractivity contribution in [2.24, 2.45) is 0 Å². The zero-order chi connectivity index (χ0) is 24.2. The Morgan fingerprint density at radius 3 is 2.76 bits per heavy atom. The number of hydrogen-bond donors (Lipinski definition) is 5. The van der Waals surface area contributed by atoms with Gasteiger partial charge in [0.1, 0.15) is 36.7 Å². The zero-order valence-corrected chi connectivity index (χ0v) is 18.2. The van der Waals surface area contributed by atoms with Gasteiger partial charge in [0.05, 0.1) is 19.0 Å². The second-order valence-corrected chi connectivity index (χ2v) is 7.78. The molecular weight excluding hydrogens is 446 g/mol. The molecule has 4 rings (SSSR count). The Morgan fingerprint density at radius 1 is 1.26 bits per heavy atom. The van der Waals surface area contributed by atoms with E-state index in [4.69, 9.17) is 15.2 Å². The van der Waals surface area contributed by atoms with Crippen LogP contribution in [0.1, 0.15) is 18.7 Å². The topological polar surface area (TPSA) is 187 Å². The van der Waals surface area contributed by atoms with Crippen LogP contribution in [0.15, 0.2) is 43.0 Å². The highest BCUT2D eigenvalue weighted by atomic mass is 16.6. The summed E-state index contributed by atoms with van der Waals surface area (Å²) in [5.41, 5.74) is 7.27. The monoisotopic (exact) mass is 471 g/mol. The molecule has 1 aromatic carbocycles. The summed E-state index contributed by atoms with van der Waals surface area (Å²) in [4.78, 5) is 36.9. The first-order chi connectivity index (χ1) is 16.4. The number of nitrogens with one attached hydrogen (secondary N) is 2. The van der Waals surface area contributed by atoms with Gasteiger partial charge in [-0.2, -0.15) is 0 Å². The lowest BCUT2D eigenvalue weighted by Crippen LogP contribution is -2.54. The number of nitrogens with two attached hydrogens (primary N) is 1. The van der Waals surface area contributed by atoms with E-state index < -0.39 is 49.1 Å². The molecule has 1 aliphatic heterocycles. The van der Waals surface area contributed by atoms with Crippen LogP contribution in [0.4, 0.5) is 10.6 Å². The Balaban J connectivity index is 1.38. The van der Waals surface area contributed by atoms with Gasteiger partial charge in [0.25, 0.3) is 0 Å². The van der Waals surface area contributed by atoms with E-state index in [0.717, 1.165) is 5.56 Å². The molecule has 0 saturated carbocycles. The molecule has 34 heavy (non-hydrogen) atoms. The van der Waals surface area contributed by atoms with Crippen LogP contribution in [0.5, 0.6) is 0 Å². The summed E-state index contributed by atoms with van der Waals surface area (Å²) in [6.07, 6.45) is -1.31. The van der Waals surface area contributed by atoms with Crippen LogP contribution < -0.4 is 16.4 Å². The summed E-state index contributed by atoms with van der Waals surface area (Å²) in [7, 11) is 0. The Kier molecular flexibility index (Phi) is 6.86. The first kappa shape index (κ1) is 23.4. The van der Waals surface area contributed by atoms with Crippen LogP contribution in [-0.4, -0.2) is 72.6 Å². The number of rotatable bonds is 7. The summed E-state index contributed by atoms with van der Waals surface area (Å²) in [5.74, 6) is -0.427. The number of anilines is 1. The number of ether oxygens (including phenoxy) is 2. The summed E-state index contributed by atoms with van der Waals surface area (Å²) in [6.45, 7) is 1.05. The van der Waals surface area contributed by atoms with Gasteiger partial charge in [-0.25, -0.2) is 19.7 Å². The third-order valence-electron chi connectivity index (χ3n) is 5.47. The van der Waals surface area contributed by atoms with Crippen molar-refractivity contribution in [2.75, 3.05) is 12.3 Å². The number of amides is 2. The van der Waals surface area contributed by atoms with E-state index in [1.807, 2.05) is 18.2 Å². The van der Waals surface area contributed by atoms with E-state index >= 15 is 0 Å². The van der Waals surface area contributed by atoms with E-state index in [-0.39, 0.29) is 12.4 Å². The minimum absolute atomic E-state index is 0.0530. The van der Waals surface area contributed by atoms with Gasteiger partial charge in [-0.15, -0.1) is 0 Å². The molecule has 5 atom stereocenters. The Bertz CT molecular complexity index is 1160. The van der Waals surface area contributed by atoms with Crippen LogP contribution >= 0.6 is 0 Å². The maximum absolute atomic E-state index is 12.7. The van der Waals surface area contributed by atoms with Crippen LogP contribution in [0, 0.1) is 0 Å². The number of aliphatic hydroxyl groups is 2. The highest BCUT2D eigenvalue weighted by Crippen LogP contribution is 2.31. The van der Waals surface area contributed by atoms with Crippen molar-refractivity contribution in [3.63, 3.8) is 0 Å². The van der Waals surface area contributed by atoms with Gasteiger partial charge in [-0.3, -0.25) is 9.36 Å². The van der Waals surface area contributed by atoms with Crippen molar-refractivity contribution >= 4 is 29.0 Å². The zero-order valence-electron chi connectivity index (χ0n) is 18.2. The highest BCUT2D eigenvalue weighted by molar-refractivity contribution is 5.85. The minimum Gasteiger partial charge on any atom is -0.445 e. The molecule has 3 aromatic rings. The number of imidazole rings is 1. The van der Waals surface area contributed by atoms with Gasteiger partial charge in [-0.05, 0) is 12.5 Å². The first-order valence-corrected chi connectivity index (χ1v) is 10.5. The molecule has 0 aliphatic carbocycles. The molecule has 13 nitrogen and oxygen atoms in total. The summed E-state index contributed by atoms with van der Waals surface area (Å²) in [5, 5.41) is 25.7. The van der Waals surface area contributed by atoms with E-state index in [2.05, 4.69) is 25.6 Å². The number of aromatic nitrogens is 4. The molecule has 1 saturated heterocycles. The van der Waals surface area contributed by atoms with Crippen molar-refractivity contribution < 1.29 is 29.3 Å². The molecule has 6 N–H and O–H groups in total. The third-order valence-corrected chi connectivity index (χ3v) is 5.47. The van der Waals surface area contributed by atoms with Crippen molar-refractivity contribution in [3.8, 4) is 0 Å². The van der Waals surface area contributed by atoms with E-state index in [0.29, 0.717) is 11.2 Å². The second-order valence-electron chi connectivity index (χ2n) is 7.78. The van der Waals surface area contributed by atoms with Crippen LogP contribution in [0.2, 0.25) is 0 Å². The standard InChI is InChI=1S/C21H25N7O6/c1-11(26-21(32)33-8-12-5-3-2-4-6-12)19(31)27-14-13(7-29)34-20(16(14)30)28-10-25-15-17(22)23-9-24-18(15)28/h2-6,9-11,13-14,16,20,29-30H,7-8H2,1H3,(H,26,32)(H,27,31)(H2,22,23,24)/t11-,13-,14+,16+,20-/m0/s1. The average Bonchev–Trinajstić information content (AvgIpc) is 3.40. The molecule has 13 heteroatoms.